The summed E-state index contributed by atoms with van der Waals surface area (Å²) < 4.78 is 31.8. The first-order valence-corrected chi connectivity index (χ1v) is 13.9. The van der Waals surface area contributed by atoms with Gasteiger partial charge < -0.3 is 29.8 Å². The zero-order chi connectivity index (χ0) is 32.4. The molecule has 3 rings (SSSR count). The van der Waals surface area contributed by atoms with E-state index < -0.39 is 42.9 Å². The van der Waals surface area contributed by atoms with Gasteiger partial charge in [0.2, 0.25) is 0 Å². The number of phosphoric ester groups is 1. The van der Waals surface area contributed by atoms with Gasteiger partial charge in [-0.1, -0.05) is 91.0 Å². The first kappa shape index (κ1) is 34.4. The zero-order valence-corrected chi connectivity index (χ0v) is 24.4. The van der Waals surface area contributed by atoms with Crippen molar-refractivity contribution in [3.05, 3.63) is 108 Å². The molecule has 0 aliphatic carbocycles. The number of carbonyl (C=O) groups is 3. The van der Waals surface area contributed by atoms with Crippen LogP contribution < -0.4 is 16.4 Å². The highest BCUT2D eigenvalue weighted by Gasteiger charge is 2.60. The molecule has 0 spiro atoms. The minimum absolute atomic E-state index is 0.248. The quantitative estimate of drug-likeness (QED) is 0.0671. The van der Waals surface area contributed by atoms with E-state index in [-0.39, 0.29) is 16.7 Å². The van der Waals surface area contributed by atoms with Crippen LogP contribution in [0.25, 0.3) is 0 Å². The van der Waals surface area contributed by atoms with Gasteiger partial charge in [-0.15, -0.1) is 0 Å². The van der Waals surface area contributed by atoms with E-state index in [1.54, 1.807) is 0 Å². The summed E-state index contributed by atoms with van der Waals surface area (Å²) >= 11 is 0. The van der Waals surface area contributed by atoms with Gasteiger partial charge in [0, 0.05) is 16.7 Å². The number of hydrogen-bond acceptors (Lipinski definition) is 13. The number of benzene rings is 3. The van der Waals surface area contributed by atoms with Crippen molar-refractivity contribution in [2.75, 3.05) is 21.3 Å². The van der Waals surface area contributed by atoms with Gasteiger partial charge in [0.15, 0.2) is 0 Å². The van der Waals surface area contributed by atoms with Gasteiger partial charge in [0.05, 0.1) is 21.3 Å². The molecule has 0 saturated heterocycles. The Labute approximate surface area is 250 Å². The van der Waals surface area contributed by atoms with E-state index in [1.165, 1.54) is 91.0 Å². The second-order valence-electron chi connectivity index (χ2n) is 8.70. The molecule has 0 aliphatic heterocycles. The highest BCUT2D eigenvalue weighted by Crippen LogP contribution is 2.61. The van der Waals surface area contributed by atoms with Gasteiger partial charge >= 0.3 is 25.7 Å². The lowest BCUT2D eigenvalue weighted by Gasteiger charge is -2.39. The smallest absolute Gasteiger partial charge is 0.478 e. The summed E-state index contributed by atoms with van der Waals surface area (Å²) in [6.07, 6.45) is 0. The van der Waals surface area contributed by atoms with Crippen LogP contribution in [0.2, 0.25) is 0 Å². The lowest BCUT2D eigenvalue weighted by molar-refractivity contribution is -0.208. The molecule has 44 heavy (non-hydrogen) atoms. The van der Waals surface area contributed by atoms with Crippen molar-refractivity contribution in [2.24, 2.45) is 0 Å². The Bertz CT molecular complexity index is 1290. The number of carboxylic acids is 3. The molecule has 3 unspecified atom stereocenters. The van der Waals surface area contributed by atoms with Crippen molar-refractivity contribution in [1.29, 1.82) is 0 Å². The summed E-state index contributed by atoms with van der Waals surface area (Å²) in [5.74, 6) is -5.63. The summed E-state index contributed by atoms with van der Waals surface area (Å²) in [6, 6.07) is 20.6. The third-order valence-corrected chi connectivity index (χ3v) is 7.42. The maximum absolute atomic E-state index is 15.0. The number of hydroxylamine groups is 3. The lowest BCUT2D eigenvalue weighted by Crippen LogP contribution is -2.55. The van der Waals surface area contributed by atoms with E-state index >= 15 is 0 Å². The highest BCUT2D eigenvalue weighted by molar-refractivity contribution is 7.48. The normalized spacial score (nSPS) is 16.9. The monoisotopic (exact) mass is 635 g/mol. The molecule has 0 heterocycles. The third-order valence-electron chi connectivity index (χ3n) is 5.93. The molecule has 0 saturated carbocycles. The van der Waals surface area contributed by atoms with E-state index in [2.05, 4.69) is 16.4 Å². The molecule has 3 atom stereocenters. The van der Waals surface area contributed by atoms with Gasteiger partial charge in [0.25, 0.3) is 17.2 Å². The fourth-order valence-electron chi connectivity index (χ4n) is 4.02. The third kappa shape index (κ3) is 7.01. The van der Waals surface area contributed by atoms with E-state index in [9.17, 15) is 34.3 Å². The van der Waals surface area contributed by atoms with Gasteiger partial charge in [-0.2, -0.15) is 16.4 Å². The predicted molar refractivity (Wildman–Crippen MR) is 149 cm³/mol. The fourth-order valence-corrected chi connectivity index (χ4v) is 5.80. The number of hydrogen-bond donors (Lipinski definition) is 6. The molecule has 3 aromatic rings. The highest BCUT2D eigenvalue weighted by atomic mass is 31.2. The average molecular weight is 636 g/mol. The molecule has 0 aliphatic rings. The Balaban J connectivity index is 2.39. The fraction of sp³-hybridized carbons (Fsp3) is 0.222. The standard InChI is InChI=1S/C27H30N3O13P/c1-38-28-25(22(31)32,19-13-7-4-8-14-19)41-44(37,42-26(23(33)34,29-39-2)20-15-9-5-10-16-20)43-27(24(35)36,30-40-3)21-17-11-6-12-18-21/h4-18,28-30H,1-3H3,(H,31,32)(H,33,34)(H,35,36). The maximum atomic E-state index is 15.0. The van der Waals surface area contributed by atoms with Gasteiger partial charge in [0.1, 0.15) is 0 Å². The van der Waals surface area contributed by atoms with E-state index in [0.717, 1.165) is 21.3 Å². The Morgan fingerprint density at radius 2 is 0.750 bits per heavy atom. The zero-order valence-electron chi connectivity index (χ0n) is 23.5. The molecule has 3 aromatic carbocycles. The molecule has 236 valence electrons. The van der Waals surface area contributed by atoms with Crippen LogP contribution in [0.15, 0.2) is 91.0 Å². The van der Waals surface area contributed by atoms with Crippen molar-refractivity contribution < 1.29 is 62.4 Å². The lowest BCUT2D eigenvalue weighted by atomic mass is 10.0. The van der Waals surface area contributed by atoms with Gasteiger partial charge in [-0.25, -0.2) is 32.5 Å². The van der Waals surface area contributed by atoms with Crippen molar-refractivity contribution >= 4 is 25.7 Å². The molecular weight excluding hydrogens is 605 g/mol. The Morgan fingerprint density at radius 1 is 0.523 bits per heavy atom. The van der Waals surface area contributed by atoms with Crippen LogP contribution in [0.4, 0.5) is 0 Å². The minimum atomic E-state index is -5.90. The second-order valence-corrected chi connectivity index (χ2v) is 10.1. The number of aliphatic carboxylic acids is 3. The van der Waals surface area contributed by atoms with Crippen molar-refractivity contribution in [2.45, 2.75) is 17.2 Å². The Hall–Kier alpha value is -4.06. The largest absolute Gasteiger partial charge is 0.482 e. The first-order chi connectivity index (χ1) is 20.9. The molecule has 0 fully saturated rings. The first-order valence-electron chi connectivity index (χ1n) is 12.4. The second kappa shape index (κ2) is 14.6. The Kier molecular flexibility index (Phi) is 11.4. The summed E-state index contributed by atoms with van der Waals surface area (Å²) in [7, 11) is -2.84. The molecule has 0 bridgehead atoms. The van der Waals surface area contributed by atoms with E-state index in [4.69, 9.17) is 28.1 Å². The molecule has 17 heteroatoms. The van der Waals surface area contributed by atoms with Crippen LogP contribution in [-0.2, 0) is 64.2 Å². The van der Waals surface area contributed by atoms with Crippen LogP contribution >= 0.6 is 7.82 Å². The molecule has 6 N–H and O–H groups in total. The average Bonchev–Trinajstić information content (AvgIpc) is 3.01. The van der Waals surface area contributed by atoms with E-state index in [0.29, 0.717) is 0 Å². The van der Waals surface area contributed by atoms with Gasteiger partial charge in [-0.3, -0.25) is 0 Å². The SMILES string of the molecule is CONC(OP(=O)(OC(NOC)(C(=O)O)c1ccccc1)OC(NOC)(C(=O)O)c1ccccc1)(C(=O)O)c1ccccc1. The minimum Gasteiger partial charge on any atom is -0.478 e. The number of rotatable bonds is 18. The summed E-state index contributed by atoms with van der Waals surface area (Å²) in [4.78, 5) is 53.3. The van der Waals surface area contributed by atoms with Crippen LogP contribution in [-0.4, -0.2) is 54.6 Å². The molecular formula is C27H30N3O13P. The summed E-state index contributed by atoms with van der Waals surface area (Å²) in [5, 5.41) is 31.2. The van der Waals surface area contributed by atoms with Crippen molar-refractivity contribution in [1.82, 2.24) is 16.4 Å². The summed E-state index contributed by atoms with van der Waals surface area (Å²) in [6.45, 7) is 0. The summed E-state index contributed by atoms with van der Waals surface area (Å²) in [5.41, 5.74) is -3.37. The molecule has 0 aromatic heterocycles. The predicted octanol–water partition coefficient (Wildman–Crippen LogP) is 2.41. The van der Waals surface area contributed by atoms with Gasteiger partial charge in [-0.05, 0) is 0 Å². The molecule has 0 radical (unpaired) electrons. The maximum Gasteiger partial charge on any atom is 0.482 e. The van der Waals surface area contributed by atoms with Crippen LogP contribution in [0, 0.1) is 0 Å². The van der Waals surface area contributed by atoms with Crippen LogP contribution in [0.1, 0.15) is 16.7 Å². The molecule has 0 amide bonds. The number of carboxylic acid groups (broad SMARTS) is 3. The van der Waals surface area contributed by atoms with Crippen molar-refractivity contribution in [3.8, 4) is 0 Å². The number of nitrogens with one attached hydrogen (secondary N) is 3. The van der Waals surface area contributed by atoms with E-state index in [1.807, 2.05) is 0 Å². The Morgan fingerprint density at radius 3 is 0.932 bits per heavy atom. The molecule has 16 nitrogen and oxygen atoms in total. The number of phosphoric acid groups is 1. The van der Waals surface area contributed by atoms with Crippen LogP contribution in [0.3, 0.4) is 0 Å². The van der Waals surface area contributed by atoms with Crippen LogP contribution in [0.5, 0.6) is 0 Å². The topological polar surface area (TPSA) is 220 Å². The van der Waals surface area contributed by atoms with Crippen molar-refractivity contribution in [3.63, 3.8) is 0 Å².